The van der Waals surface area contributed by atoms with E-state index >= 15 is 0 Å². The molecular formula is C10H4Cl2FNO7. The van der Waals surface area contributed by atoms with Crippen molar-refractivity contribution in [1.82, 2.24) is 0 Å². The number of benzene rings is 1. The van der Waals surface area contributed by atoms with E-state index in [-0.39, 0.29) is 0 Å². The molecule has 0 fully saturated rings. The second-order valence-electron chi connectivity index (χ2n) is 3.47. The molecule has 11 heteroatoms. The van der Waals surface area contributed by atoms with E-state index < -0.39 is 56.4 Å². The van der Waals surface area contributed by atoms with Gasteiger partial charge in [0.2, 0.25) is 0 Å². The Balaban J connectivity index is 3.20. The molecule has 0 spiro atoms. The Labute approximate surface area is 125 Å². The van der Waals surface area contributed by atoms with Crippen molar-refractivity contribution in [1.29, 1.82) is 0 Å². The molecule has 0 heterocycles. The molecule has 8 nitrogen and oxygen atoms in total. The van der Waals surface area contributed by atoms with E-state index in [1.54, 1.807) is 0 Å². The van der Waals surface area contributed by atoms with Gasteiger partial charge in [0.15, 0.2) is 5.02 Å². The monoisotopic (exact) mass is 339 g/mol. The average Bonchev–Trinajstić information content (AvgIpc) is 2.32. The van der Waals surface area contributed by atoms with Crippen LogP contribution in [0, 0.1) is 15.9 Å². The van der Waals surface area contributed by atoms with Crippen molar-refractivity contribution < 1.29 is 33.5 Å². The van der Waals surface area contributed by atoms with Crippen molar-refractivity contribution in [2.24, 2.45) is 0 Å². The summed E-state index contributed by atoms with van der Waals surface area (Å²) in [6, 6.07) is 0.439. The molecule has 0 unspecified atom stereocenters. The Morgan fingerprint density at radius 1 is 1.33 bits per heavy atom. The maximum absolute atomic E-state index is 13.4. The van der Waals surface area contributed by atoms with Gasteiger partial charge in [0, 0.05) is 0 Å². The number of nitro benzene ring substituents is 1. The number of carbonyl (C=O) groups excluding carboxylic acids is 2. The van der Waals surface area contributed by atoms with Gasteiger partial charge in [-0.3, -0.25) is 19.7 Å². The lowest BCUT2D eigenvalue weighted by molar-refractivity contribution is -0.384. The largest absolute Gasteiger partial charge is 0.481 e. The molecular weight excluding hydrogens is 336 g/mol. The number of carbonyl (C=O) groups is 3. The van der Waals surface area contributed by atoms with Gasteiger partial charge in [-0.1, -0.05) is 23.2 Å². The molecule has 0 aliphatic rings. The van der Waals surface area contributed by atoms with Crippen molar-refractivity contribution in [3.8, 4) is 0 Å². The number of hydrogen-bond acceptors (Lipinski definition) is 6. The summed E-state index contributed by atoms with van der Waals surface area (Å²) in [5, 5.41) is 17.3. The SMILES string of the molecule is O=C(O)CC(=O)OC(=O)c1cc(F)c(Cl)c([N+](=O)[O-])c1Cl. The summed E-state index contributed by atoms with van der Waals surface area (Å²) in [5.74, 6) is -5.87. The summed E-state index contributed by atoms with van der Waals surface area (Å²) in [6.07, 6.45) is -1.12. The summed E-state index contributed by atoms with van der Waals surface area (Å²) in [5.41, 5.74) is -1.90. The molecule has 0 saturated carbocycles. The topological polar surface area (TPSA) is 124 Å². The van der Waals surface area contributed by atoms with E-state index in [1.165, 1.54) is 0 Å². The van der Waals surface area contributed by atoms with Crippen LogP contribution in [0.15, 0.2) is 6.07 Å². The third-order valence-electron chi connectivity index (χ3n) is 2.04. The summed E-state index contributed by atoms with van der Waals surface area (Å²) in [7, 11) is 0. The van der Waals surface area contributed by atoms with Crippen molar-refractivity contribution in [3.05, 3.63) is 37.6 Å². The van der Waals surface area contributed by atoms with Crippen LogP contribution in [0.1, 0.15) is 16.8 Å². The number of nitro groups is 1. The second kappa shape index (κ2) is 6.46. The number of rotatable bonds is 4. The number of ether oxygens (including phenoxy) is 1. The van der Waals surface area contributed by atoms with Crippen LogP contribution in [-0.4, -0.2) is 27.9 Å². The molecule has 112 valence electrons. The Kier molecular flexibility index (Phi) is 5.17. The molecule has 0 amide bonds. The Hall–Kier alpha value is -2.26. The highest BCUT2D eigenvalue weighted by Gasteiger charge is 2.29. The number of hydrogen-bond donors (Lipinski definition) is 1. The van der Waals surface area contributed by atoms with Gasteiger partial charge < -0.3 is 9.84 Å². The van der Waals surface area contributed by atoms with Gasteiger partial charge in [-0.25, -0.2) is 9.18 Å². The first-order valence-electron chi connectivity index (χ1n) is 4.93. The number of esters is 2. The summed E-state index contributed by atoms with van der Waals surface area (Å²) in [4.78, 5) is 42.4. The second-order valence-corrected chi connectivity index (χ2v) is 4.23. The highest BCUT2D eigenvalue weighted by molar-refractivity contribution is 6.40. The molecule has 0 aliphatic heterocycles. The molecule has 1 rings (SSSR count). The molecule has 0 aromatic heterocycles. The molecule has 0 atom stereocenters. The predicted molar refractivity (Wildman–Crippen MR) is 65.7 cm³/mol. The van der Waals surface area contributed by atoms with E-state index in [0.717, 1.165) is 0 Å². The molecule has 1 aromatic carbocycles. The van der Waals surface area contributed by atoms with Gasteiger partial charge in [0.05, 0.1) is 10.5 Å². The van der Waals surface area contributed by atoms with Crippen LogP contribution in [0.25, 0.3) is 0 Å². The third kappa shape index (κ3) is 3.86. The van der Waals surface area contributed by atoms with Gasteiger partial charge in [-0.05, 0) is 6.07 Å². The molecule has 0 aliphatic carbocycles. The van der Waals surface area contributed by atoms with Crippen LogP contribution in [0.3, 0.4) is 0 Å². The van der Waals surface area contributed by atoms with E-state index in [9.17, 15) is 28.9 Å². The van der Waals surface area contributed by atoms with E-state index in [1.807, 2.05) is 0 Å². The van der Waals surface area contributed by atoms with Gasteiger partial charge in [-0.15, -0.1) is 0 Å². The zero-order valence-electron chi connectivity index (χ0n) is 9.76. The Bertz CT molecular complexity index is 661. The van der Waals surface area contributed by atoms with Crippen molar-refractivity contribution in [2.75, 3.05) is 0 Å². The fraction of sp³-hybridized carbons (Fsp3) is 0.100. The zero-order chi connectivity index (χ0) is 16.3. The van der Waals surface area contributed by atoms with Gasteiger partial charge in [0.1, 0.15) is 17.3 Å². The minimum Gasteiger partial charge on any atom is -0.481 e. The third-order valence-corrected chi connectivity index (χ3v) is 2.78. The summed E-state index contributed by atoms with van der Waals surface area (Å²) >= 11 is 10.9. The van der Waals surface area contributed by atoms with Gasteiger partial charge in [0.25, 0.3) is 0 Å². The van der Waals surface area contributed by atoms with Crippen LogP contribution in [-0.2, 0) is 14.3 Å². The smallest absolute Gasteiger partial charge is 0.347 e. The molecule has 0 bridgehead atoms. The van der Waals surface area contributed by atoms with E-state index in [4.69, 9.17) is 28.3 Å². The number of carboxylic acids is 1. The van der Waals surface area contributed by atoms with Crippen molar-refractivity contribution in [3.63, 3.8) is 0 Å². The highest BCUT2D eigenvalue weighted by Crippen LogP contribution is 2.37. The maximum atomic E-state index is 13.4. The highest BCUT2D eigenvalue weighted by atomic mass is 35.5. The fourth-order valence-electron chi connectivity index (χ4n) is 1.22. The number of carboxylic acid groups (broad SMARTS) is 1. The minimum absolute atomic E-state index is 0.439. The van der Waals surface area contributed by atoms with Gasteiger partial charge in [-0.2, -0.15) is 0 Å². The first kappa shape index (κ1) is 16.8. The molecule has 21 heavy (non-hydrogen) atoms. The lowest BCUT2D eigenvalue weighted by Crippen LogP contribution is -2.16. The number of halogens is 3. The van der Waals surface area contributed by atoms with Crippen molar-refractivity contribution >= 4 is 46.8 Å². The molecule has 1 aromatic rings. The zero-order valence-corrected chi connectivity index (χ0v) is 11.3. The molecule has 1 N–H and O–H groups in total. The van der Waals surface area contributed by atoms with E-state index in [2.05, 4.69) is 4.74 Å². The van der Waals surface area contributed by atoms with Crippen molar-refractivity contribution in [2.45, 2.75) is 6.42 Å². The Morgan fingerprint density at radius 3 is 2.38 bits per heavy atom. The minimum atomic E-state index is -1.56. The maximum Gasteiger partial charge on any atom is 0.347 e. The number of nitrogens with zero attached hydrogens (tertiary/aromatic N) is 1. The first-order chi connectivity index (χ1) is 9.65. The molecule has 0 radical (unpaired) electrons. The summed E-state index contributed by atoms with van der Waals surface area (Å²) in [6.45, 7) is 0. The lowest BCUT2D eigenvalue weighted by Gasteiger charge is -2.06. The summed E-state index contributed by atoms with van der Waals surface area (Å²) < 4.78 is 17.5. The quantitative estimate of drug-likeness (QED) is 0.293. The van der Waals surface area contributed by atoms with Crippen LogP contribution >= 0.6 is 23.2 Å². The van der Waals surface area contributed by atoms with Crippen LogP contribution in [0.2, 0.25) is 10.0 Å². The van der Waals surface area contributed by atoms with Gasteiger partial charge >= 0.3 is 23.6 Å². The first-order valence-corrected chi connectivity index (χ1v) is 5.69. The lowest BCUT2D eigenvalue weighted by atomic mass is 10.2. The Morgan fingerprint density at radius 2 is 1.90 bits per heavy atom. The van der Waals surface area contributed by atoms with E-state index in [0.29, 0.717) is 6.07 Å². The standard InChI is InChI=1S/C10H4Cl2FNO7/c11-7-3(10(18)21-6(17)2-5(15)16)1-4(13)8(12)9(7)14(19)20/h1H,2H2,(H,15,16). The fourth-order valence-corrected chi connectivity index (χ4v) is 1.78. The average molecular weight is 340 g/mol. The van der Waals surface area contributed by atoms with Crippen LogP contribution < -0.4 is 0 Å². The number of aliphatic carboxylic acids is 1. The van der Waals surface area contributed by atoms with Crippen LogP contribution in [0.5, 0.6) is 0 Å². The van der Waals surface area contributed by atoms with Crippen LogP contribution in [0.4, 0.5) is 10.1 Å². The molecule has 0 saturated heterocycles. The normalized spacial score (nSPS) is 10.0. The predicted octanol–water partition coefficient (Wildman–Crippen LogP) is 2.20.